The van der Waals surface area contributed by atoms with Crippen molar-refractivity contribution in [3.8, 4) is 0 Å². The van der Waals surface area contributed by atoms with E-state index in [0.29, 0.717) is 16.1 Å². The molecule has 0 bridgehead atoms. The highest BCUT2D eigenvalue weighted by Gasteiger charge is 2.18. The van der Waals surface area contributed by atoms with Crippen molar-refractivity contribution in [2.45, 2.75) is 6.29 Å². The standard InChI is InChI=1S/C14H14ClNO4/c1-18-13(17)12-7-10(14(19-2)20-3)9-6-8(15)4-5-11(9)16-12/h4-7,14H,1-3H3. The van der Waals surface area contributed by atoms with E-state index in [1.165, 1.54) is 21.3 Å². The largest absolute Gasteiger partial charge is 0.464 e. The molecule has 0 unspecified atom stereocenters. The lowest BCUT2D eigenvalue weighted by atomic mass is 10.1. The summed E-state index contributed by atoms with van der Waals surface area (Å²) in [6.45, 7) is 0. The Hall–Kier alpha value is -1.69. The molecular weight excluding hydrogens is 282 g/mol. The summed E-state index contributed by atoms with van der Waals surface area (Å²) in [5.74, 6) is -0.519. The van der Waals surface area contributed by atoms with Gasteiger partial charge in [-0.1, -0.05) is 11.6 Å². The van der Waals surface area contributed by atoms with E-state index >= 15 is 0 Å². The molecule has 0 saturated carbocycles. The summed E-state index contributed by atoms with van der Waals surface area (Å²) in [4.78, 5) is 15.9. The highest BCUT2D eigenvalue weighted by atomic mass is 35.5. The first-order valence-corrected chi connectivity index (χ1v) is 6.22. The van der Waals surface area contributed by atoms with Gasteiger partial charge in [0.1, 0.15) is 5.69 Å². The zero-order valence-electron chi connectivity index (χ0n) is 11.3. The number of methoxy groups -OCH3 is 3. The number of aromatic nitrogens is 1. The van der Waals surface area contributed by atoms with Crippen LogP contribution in [0.2, 0.25) is 5.02 Å². The summed E-state index contributed by atoms with van der Waals surface area (Å²) < 4.78 is 15.2. The number of esters is 1. The molecule has 1 aromatic heterocycles. The number of pyridine rings is 1. The maximum Gasteiger partial charge on any atom is 0.356 e. The highest BCUT2D eigenvalue weighted by molar-refractivity contribution is 6.31. The molecule has 2 rings (SSSR count). The molecule has 106 valence electrons. The van der Waals surface area contributed by atoms with Gasteiger partial charge in [-0.2, -0.15) is 0 Å². The van der Waals surface area contributed by atoms with Gasteiger partial charge in [-0.25, -0.2) is 9.78 Å². The summed E-state index contributed by atoms with van der Waals surface area (Å²) in [5, 5.41) is 1.33. The molecule has 0 spiro atoms. The van der Waals surface area contributed by atoms with E-state index in [0.717, 1.165) is 5.39 Å². The van der Waals surface area contributed by atoms with Crippen LogP contribution in [0, 0.1) is 0 Å². The number of halogens is 1. The fourth-order valence-electron chi connectivity index (χ4n) is 1.98. The summed E-state index contributed by atoms with van der Waals surface area (Å²) >= 11 is 6.01. The normalized spacial score (nSPS) is 11.1. The quantitative estimate of drug-likeness (QED) is 0.641. The van der Waals surface area contributed by atoms with Crippen LogP contribution in [0.1, 0.15) is 22.3 Å². The Kier molecular flexibility index (Phi) is 4.54. The SMILES string of the molecule is COC(=O)c1cc(C(OC)OC)c2cc(Cl)ccc2n1. The Balaban J connectivity index is 2.72. The molecule has 0 aliphatic heterocycles. The number of carbonyl (C=O) groups is 1. The fourth-order valence-corrected chi connectivity index (χ4v) is 2.15. The van der Waals surface area contributed by atoms with Crippen LogP contribution in [0.4, 0.5) is 0 Å². The number of nitrogens with zero attached hydrogens (tertiary/aromatic N) is 1. The predicted molar refractivity (Wildman–Crippen MR) is 74.9 cm³/mol. The van der Waals surface area contributed by atoms with Gasteiger partial charge in [0.2, 0.25) is 0 Å². The van der Waals surface area contributed by atoms with E-state index in [-0.39, 0.29) is 5.69 Å². The van der Waals surface area contributed by atoms with Gasteiger partial charge in [0.25, 0.3) is 0 Å². The minimum absolute atomic E-state index is 0.191. The van der Waals surface area contributed by atoms with E-state index in [2.05, 4.69) is 4.98 Å². The molecule has 0 amide bonds. The molecule has 2 aromatic rings. The molecule has 0 aliphatic carbocycles. The first kappa shape index (κ1) is 14.7. The Morgan fingerprint density at radius 3 is 2.50 bits per heavy atom. The Morgan fingerprint density at radius 1 is 1.20 bits per heavy atom. The van der Waals surface area contributed by atoms with Gasteiger partial charge in [-0.05, 0) is 24.3 Å². The maximum atomic E-state index is 11.7. The van der Waals surface area contributed by atoms with E-state index < -0.39 is 12.3 Å². The topological polar surface area (TPSA) is 57.7 Å². The lowest BCUT2D eigenvalue weighted by molar-refractivity contribution is -0.105. The molecule has 0 radical (unpaired) electrons. The predicted octanol–water partition coefficient (Wildman–Crippen LogP) is 2.97. The van der Waals surface area contributed by atoms with Crippen molar-refractivity contribution in [1.29, 1.82) is 0 Å². The Bertz CT molecular complexity index is 640. The van der Waals surface area contributed by atoms with Crippen LogP contribution >= 0.6 is 11.6 Å². The smallest absolute Gasteiger partial charge is 0.356 e. The zero-order chi connectivity index (χ0) is 14.7. The third kappa shape index (κ3) is 2.75. The van der Waals surface area contributed by atoms with Gasteiger partial charge in [0.05, 0.1) is 12.6 Å². The molecule has 5 nitrogen and oxygen atoms in total. The number of fused-ring (bicyclic) bond motifs is 1. The average molecular weight is 296 g/mol. The third-order valence-corrected chi connectivity index (χ3v) is 3.11. The van der Waals surface area contributed by atoms with Crippen LogP contribution in [-0.2, 0) is 14.2 Å². The van der Waals surface area contributed by atoms with Gasteiger partial charge in [-0.3, -0.25) is 0 Å². The van der Waals surface area contributed by atoms with Crippen molar-refractivity contribution in [1.82, 2.24) is 4.98 Å². The summed E-state index contributed by atoms with van der Waals surface area (Å²) in [5.41, 5.74) is 1.48. The van der Waals surface area contributed by atoms with Crippen LogP contribution in [0.25, 0.3) is 10.9 Å². The minimum Gasteiger partial charge on any atom is -0.464 e. The number of hydrogen-bond donors (Lipinski definition) is 0. The van der Waals surface area contributed by atoms with Crippen molar-refractivity contribution in [3.05, 3.63) is 40.5 Å². The zero-order valence-corrected chi connectivity index (χ0v) is 12.1. The van der Waals surface area contributed by atoms with Crippen LogP contribution in [0.5, 0.6) is 0 Å². The van der Waals surface area contributed by atoms with E-state index in [9.17, 15) is 4.79 Å². The molecule has 1 heterocycles. The van der Waals surface area contributed by atoms with Crippen LogP contribution in [-0.4, -0.2) is 32.3 Å². The Labute approximate surface area is 121 Å². The van der Waals surface area contributed by atoms with Crippen molar-refractivity contribution in [3.63, 3.8) is 0 Å². The fraction of sp³-hybridized carbons (Fsp3) is 0.286. The van der Waals surface area contributed by atoms with E-state index in [1.54, 1.807) is 24.3 Å². The summed E-state index contributed by atoms with van der Waals surface area (Å²) in [6, 6.07) is 6.78. The van der Waals surface area contributed by atoms with Gasteiger partial charge in [0.15, 0.2) is 6.29 Å². The molecule has 1 aromatic carbocycles. The van der Waals surface area contributed by atoms with Gasteiger partial charge in [0, 0.05) is 30.2 Å². The average Bonchev–Trinajstić information content (AvgIpc) is 2.47. The molecule has 0 N–H and O–H groups in total. The summed E-state index contributed by atoms with van der Waals surface area (Å²) in [6.07, 6.45) is -0.623. The Morgan fingerprint density at radius 2 is 1.90 bits per heavy atom. The van der Waals surface area contributed by atoms with E-state index in [1.807, 2.05) is 0 Å². The summed E-state index contributed by atoms with van der Waals surface area (Å²) in [7, 11) is 4.34. The second kappa shape index (κ2) is 6.17. The van der Waals surface area contributed by atoms with Crippen LogP contribution in [0.3, 0.4) is 0 Å². The van der Waals surface area contributed by atoms with Crippen LogP contribution < -0.4 is 0 Å². The van der Waals surface area contributed by atoms with Gasteiger partial charge in [-0.15, -0.1) is 0 Å². The van der Waals surface area contributed by atoms with Crippen molar-refractivity contribution in [2.24, 2.45) is 0 Å². The molecule has 0 aliphatic rings. The van der Waals surface area contributed by atoms with Crippen molar-refractivity contribution < 1.29 is 19.0 Å². The number of rotatable bonds is 4. The molecule has 6 heteroatoms. The number of ether oxygens (including phenoxy) is 3. The van der Waals surface area contributed by atoms with Crippen LogP contribution in [0.15, 0.2) is 24.3 Å². The minimum atomic E-state index is -0.623. The number of benzene rings is 1. The molecule has 20 heavy (non-hydrogen) atoms. The number of hydrogen-bond acceptors (Lipinski definition) is 5. The first-order chi connectivity index (χ1) is 9.60. The molecule has 0 fully saturated rings. The molecule has 0 atom stereocenters. The first-order valence-electron chi connectivity index (χ1n) is 5.84. The molecule has 0 saturated heterocycles. The third-order valence-electron chi connectivity index (χ3n) is 2.88. The second-order valence-corrected chi connectivity index (χ2v) is 4.49. The monoisotopic (exact) mass is 295 g/mol. The van der Waals surface area contributed by atoms with Gasteiger partial charge >= 0.3 is 5.97 Å². The maximum absolute atomic E-state index is 11.7. The van der Waals surface area contributed by atoms with Crippen molar-refractivity contribution >= 4 is 28.5 Å². The lowest BCUT2D eigenvalue weighted by Gasteiger charge is -2.17. The van der Waals surface area contributed by atoms with E-state index in [4.69, 9.17) is 25.8 Å². The molecular formula is C14H14ClNO4. The highest BCUT2D eigenvalue weighted by Crippen LogP contribution is 2.29. The lowest BCUT2D eigenvalue weighted by Crippen LogP contribution is -2.10. The second-order valence-electron chi connectivity index (χ2n) is 4.05. The van der Waals surface area contributed by atoms with Gasteiger partial charge < -0.3 is 14.2 Å². The van der Waals surface area contributed by atoms with Crippen molar-refractivity contribution in [2.75, 3.05) is 21.3 Å². The number of carbonyl (C=O) groups excluding carboxylic acids is 1.